The van der Waals surface area contributed by atoms with Crippen LogP contribution in [0.5, 0.6) is 11.5 Å². The van der Waals surface area contributed by atoms with E-state index in [4.69, 9.17) is 9.47 Å². The predicted octanol–water partition coefficient (Wildman–Crippen LogP) is 3.89. The fourth-order valence-electron chi connectivity index (χ4n) is 1.61. The molecule has 0 aliphatic carbocycles. The van der Waals surface area contributed by atoms with E-state index in [9.17, 15) is 0 Å². The largest absolute Gasteiger partial charge is 0.496 e. The molecule has 0 N–H and O–H groups in total. The molecule has 1 aromatic carbocycles. The van der Waals surface area contributed by atoms with E-state index in [-0.39, 0.29) is 0 Å². The Balaban J connectivity index is 3.17. The normalized spacial score (nSPS) is 11.4. The molecule has 0 radical (unpaired) electrons. The molecule has 3 heteroatoms. The Morgan fingerprint density at radius 3 is 2.25 bits per heavy atom. The van der Waals surface area contributed by atoms with Crippen LogP contribution < -0.4 is 9.47 Å². The molecule has 0 aliphatic heterocycles. The van der Waals surface area contributed by atoms with E-state index in [1.807, 2.05) is 18.2 Å². The molecule has 0 aliphatic rings. The van der Waals surface area contributed by atoms with E-state index >= 15 is 0 Å². The van der Waals surface area contributed by atoms with Gasteiger partial charge in [-0.3, -0.25) is 0 Å². The van der Waals surface area contributed by atoms with Crippen molar-refractivity contribution in [1.82, 2.24) is 0 Å². The standard InChI is InChI=1S/C13H17BrO2/c1-10(6-5-9-14)13-11(15-2)7-4-8-12(13)16-3/h4,6-8H,5,9H2,1-3H3/b10-6+. The fourth-order valence-corrected chi connectivity index (χ4v) is 1.84. The van der Waals surface area contributed by atoms with Gasteiger partial charge >= 0.3 is 0 Å². The molecule has 0 unspecified atom stereocenters. The third-order valence-corrected chi connectivity index (χ3v) is 2.84. The Morgan fingerprint density at radius 2 is 1.81 bits per heavy atom. The van der Waals surface area contributed by atoms with Crippen molar-refractivity contribution in [3.05, 3.63) is 29.8 Å². The van der Waals surface area contributed by atoms with Crippen LogP contribution in [0.25, 0.3) is 5.57 Å². The van der Waals surface area contributed by atoms with Gasteiger partial charge in [0.1, 0.15) is 11.5 Å². The monoisotopic (exact) mass is 284 g/mol. The molecular weight excluding hydrogens is 268 g/mol. The van der Waals surface area contributed by atoms with Crippen LogP contribution in [0.4, 0.5) is 0 Å². The minimum absolute atomic E-state index is 0.850. The van der Waals surface area contributed by atoms with Gasteiger partial charge in [0.25, 0.3) is 0 Å². The second kappa shape index (κ2) is 6.59. The zero-order chi connectivity index (χ0) is 12.0. The van der Waals surface area contributed by atoms with E-state index in [0.29, 0.717) is 0 Å². The Hall–Kier alpha value is -0.960. The minimum Gasteiger partial charge on any atom is -0.496 e. The van der Waals surface area contributed by atoms with E-state index in [2.05, 4.69) is 28.9 Å². The van der Waals surface area contributed by atoms with Crippen LogP contribution in [-0.2, 0) is 0 Å². The number of hydrogen-bond acceptors (Lipinski definition) is 2. The number of halogens is 1. The maximum atomic E-state index is 5.36. The summed E-state index contributed by atoms with van der Waals surface area (Å²) in [4.78, 5) is 0. The van der Waals surface area contributed by atoms with Crippen molar-refractivity contribution in [2.24, 2.45) is 0 Å². The highest BCUT2D eigenvalue weighted by molar-refractivity contribution is 9.09. The zero-order valence-electron chi connectivity index (χ0n) is 9.92. The molecule has 0 saturated carbocycles. The number of ether oxygens (including phenoxy) is 2. The molecule has 0 aromatic heterocycles. The first kappa shape index (κ1) is 13.1. The van der Waals surface area contributed by atoms with Gasteiger partial charge in [0, 0.05) is 5.33 Å². The summed E-state index contributed by atoms with van der Waals surface area (Å²) in [6.45, 7) is 2.07. The van der Waals surface area contributed by atoms with Crippen LogP contribution in [-0.4, -0.2) is 19.5 Å². The number of alkyl halides is 1. The molecule has 0 fully saturated rings. The summed E-state index contributed by atoms with van der Waals surface area (Å²) in [6.07, 6.45) is 3.17. The molecular formula is C13H17BrO2. The molecule has 0 heterocycles. The Labute approximate surface area is 105 Å². The van der Waals surface area contributed by atoms with Gasteiger partial charge in [-0.2, -0.15) is 0 Å². The number of rotatable bonds is 5. The molecule has 0 amide bonds. The van der Waals surface area contributed by atoms with Gasteiger partial charge in [-0.1, -0.05) is 28.1 Å². The Bertz CT molecular complexity index is 350. The van der Waals surface area contributed by atoms with Gasteiger partial charge in [-0.25, -0.2) is 0 Å². The van der Waals surface area contributed by atoms with Crippen LogP contribution in [0.2, 0.25) is 0 Å². The summed E-state index contributed by atoms with van der Waals surface area (Å²) in [6, 6.07) is 5.82. The van der Waals surface area contributed by atoms with Crippen LogP contribution >= 0.6 is 15.9 Å². The van der Waals surface area contributed by atoms with E-state index in [0.717, 1.165) is 28.8 Å². The van der Waals surface area contributed by atoms with Crippen LogP contribution in [0.1, 0.15) is 18.9 Å². The minimum atomic E-state index is 0.850. The number of allylic oxidation sites excluding steroid dienone is 2. The van der Waals surface area contributed by atoms with Gasteiger partial charge in [-0.05, 0) is 31.1 Å². The van der Waals surface area contributed by atoms with Crippen molar-refractivity contribution in [3.8, 4) is 11.5 Å². The molecule has 0 atom stereocenters. The lowest BCUT2D eigenvalue weighted by atomic mass is 10.0. The molecule has 0 bridgehead atoms. The smallest absolute Gasteiger partial charge is 0.130 e. The SMILES string of the molecule is COc1cccc(OC)c1/C(C)=C/CCBr. The summed E-state index contributed by atoms with van der Waals surface area (Å²) >= 11 is 3.41. The summed E-state index contributed by atoms with van der Waals surface area (Å²) in [5.41, 5.74) is 2.21. The average molecular weight is 285 g/mol. The first-order chi connectivity index (χ1) is 7.74. The maximum Gasteiger partial charge on any atom is 0.130 e. The highest BCUT2D eigenvalue weighted by atomic mass is 79.9. The van der Waals surface area contributed by atoms with E-state index in [1.165, 1.54) is 5.57 Å². The maximum absolute atomic E-state index is 5.36. The van der Waals surface area contributed by atoms with Crippen molar-refractivity contribution >= 4 is 21.5 Å². The third kappa shape index (κ3) is 3.01. The molecule has 2 nitrogen and oxygen atoms in total. The second-order valence-corrected chi connectivity index (χ2v) is 4.20. The first-order valence-electron chi connectivity index (χ1n) is 5.18. The molecule has 0 saturated heterocycles. The van der Waals surface area contributed by atoms with Gasteiger partial charge in [-0.15, -0.1) is 0 Å². The van der Waals surface area contributed by atoms with Crippen LogP contribution in [0.3, 0.4) is 0 Å². The summed E-state index contributed by atoms with van der Waals surface area (Å²) in [5, 5.41) is 0.960. The average Bonchev–Trinajstić information content (AvgIpc) is 2.34. The van der Waals surface area contributed by atoms with Crippen molar-refractivity contribution < 1.29 is 9.47 Å². The molecule has 0 spiro atoms. The first-order valence-corrected chi connectivity index (χ1v) is 6.30. The van der Waals surface area contributed by atoms with Gasteiger partial charge < -0.3 is 9.47 Å². The molecule has 16 heavy (non-hydrogen) atoms. The van der Waals surface area contributed by atoms with Gasteiger partial charge in [0.15, 0.2) is 0 Å². The van der Waals surface area contributed by atoms with Crippen molar-refractivity contribution in [2.75, 3.05) is 19.5 Å². The highest BCUT2D eigenvalue weighted by Gasteiger charge is 2.10. The van der Waals surface area contributed by atoms with Crippen molar-refractivity contribution in [1.29, 1.82) is 0 Å². The van der Waals surface area contributed by atoms with Gasteiger partial charge in [0.05, 0.1) is 19.8 Å². The lowest BCUT2D eigenvalue weighted by Crippen LogP contribution is -1.94. The number of benzene rings is 1. The lowest BCUT2D eigenvalue weighted by Gasteiger charge is -2.13. The fraction of sp³-hybridized carbons (Fsp3) is 0.385. The zero-order valence-corrected chi connectivity index (χ0v) is 11.5. The summed E-state index contributed by atoms with van der Waals surface area (Å²) in [5.74, 6) is 1.70. The van der Waals surface area contributed by atoms with Crippen molar-refractivity contribution in [2.45, 2.75) is 13.3 Å². The summed E-state index contributed by atoms with van der Waals surface area (Å²) in [7, 11) is 3.35. The van der Waals surface area contributed by atoms with Crippen LogP contribution in [0.15, 0.2) is 24.3 Å². The number of hydrogen-bond donors (Lipinski definition) is 0. The molecule has 1 rings (SSSR count). The Kier molecular flexibility index (Phi) is 5.39. The van der Waals surface area contributed by atoms with Gasteiger partial charge in [0.2, 0.25) is 0 Å². The lowest BCUT2D eigenvalue weighted by molar-refractivity contribution is 0.392. The van der Waals surface area contributed by atoms with Crippen LogP contribution in [0, 0.1) is 0 Å². The summed E-state index contributed by atoms with van der Waals surface area (Å²) < 4.78 is 10.7. The second-order valence-electron chi connectivity index (χ2n) is 3.40. The molecule has 88 valence electrons. The highest BCUT2D eigenvalue weighted by Crippen LogP contribution is 2.34. The predicted molar refractivity (Wildman–Crippen MR) is 71.6 cm³/mol. The quantitative estimate of drug-likeness (QED) is 0.764. The third-order valence-electron chi connectivity index (χ3n) is 2.38. The number of methoxy groups -OCH3 is 2. The Morgan fingerprint density at radius 1 is 1.25 bits per heavy atom. The van der Waals surface area contributed by atoms with Crippen molar-refractivity contribution in [3.63, 3.8) is 0 Å². The van der Waals surface area contributed by atoms with E-state index < -0.39 is 0 Å². The topological polar surface area (TPSA) is 18.5 Å². The molecule has 1 aromatic rings. The van der Waals surface area contributed by atoms with E-state index in [1.54, 1.807) is 14.2 Å².